The van der Waals surface area contributed by atoms with Gasteiger partial charge in [-0.25, -0.2) is 8.42 Å². The molecule has 1 saturated heterocycles. The summed E-state index contributed by atoms with van der Waals surface area (Å²) in [4.78, 5) is 17.0. The Kier molecular flexibility index (Phi) is 7.52. The Morgan fingerprint density at radius 3 is 2.20 bits per heavy atom. The molecule has 3 aromatic carbocycles. The van der Waals surface area contributed by atoms with Crippen LogP contribution in [0.5, 0.6) is 11.5 Å². The highest BCUT2D eigenvalue weighted by Crippen LogP contribution is 2.27. The summed E-state index contributed by atoms with van der Waals surface area (Å²) in [5, 5.41) is 0.674. The zero-order valence-electron chi connectivity index (χ0n) is 19.7. The molecule has 0 bridgehead atoms. The van der Waals surface area contributed by atoms with Gasteiger partial charge in [-0.05, 0) is 61.0 Å². The first-order valence-electron chi connectivity index (χ1n) is 11.3. The number of nitrogens with zero attached hydrogens (tertiary/aromatic N) is 3. The average molecular weight is 514 g/mol. The SMILES string of the molecule is Cc1ccc(Cl)cc1N1CCN(C(=O)CN(c2ccc(Oc3ccccc3)cc2)S(C)(=O)=O)CC1. The monoisotopic (exact) mass is 513 g/mol. The second kappa shape index (κ2) is 10.6. The number of aryl methyl sites for hydroxylation is 1. The fourth-order valence-corrected chi connectivity index (χ4v) is 5.06. The van der Waals surface area contributed by atoms with E-state index in [4.69, 9.17) is 16.3 Å². The lowest BCUT2D eigenvalue weighted by Gasteiger charge is -2.37. The van der Waals surface area contributed by atoms with Gasteiger partial charge in [-0.3, -0.25) is 9.10 Å². The number of piperazine rings is 1. The quantitative estimate of drug-likeness (QED) is 0.463. The maximum Gasteiger partial charge on any atom is 0.243 e. The van der Waals surface area contributed by atoms with E-state index < -0.39 is 10.0 Å². The molecule has 0 aliphatic carbocycles. The van der Waals surface area contributed by atoms with Gasteiger partial charge in [-0.1, -0.05) is 35.9 Å². The van der Waals surface area contributed by atoms with Crippen molar-refractivity contribution in [2.24, 2.45) is 0 Å². The highest BCUT2D eigenvalue weighted by atomic mass is 35.5. The third-order valence-electron chi connectivity index (χ3n) is 5.93. The minimum atomic E-state index is -3.67. The lowest BCUT2D eigenvalue weighted by atomic mass is 10.1. The number of ether oxygens (including phenoxy) is 1. The maximum atomic E-state index is 13.1. The van der Waals surface area contributed by atoms with Gasteiger partial charge in [0.15, 0.2) is 0 Å². The topological polar surface area (TPSA) is 70.2 Å². The van der Waals surface area contributed by atoms with Crippen molar-refractivity contribution >= 4 is 38.9 Å². The van der Waals surface area contributed by atoms with Crippen LogP contribution in [-0.4, -0.2) is 58.2 Å². The number of rotatable bonds is 7. The molecule has 0 N–H and O–H groups in total. The zero-order valence-corrected chi connectivity index (χ0v) is 21.3. The summed E-state index contributed by atoms with van der Waals surface area (Å²) in [6.07, 6.45) is 1.11. The molecule has 9 heteroatoms. The number of halogens is 1. The summed E-state index contributed by atoms with van der Waals surface area (Å²) in [6.45, 7) is 4.09. The molecular weight excluding hydrogens is 486 g/mol. The standard InChI is InChI=1S/C26H28ClN3O4S/c1-20-8-9-21(27)18-25(20)28-14-16-29(17-15-28)26(31)19-30(35(2,32)33)22-10-12-24(13-11-22)34-23-6-4-3-5-7-23/h3-13,18H,14-17,19H2,1-2H3. The highest BCUT2D eigenvalue weighted by molar-refractivity contribution is 7.92. The molecule has 0 unspecified atom stereocenters. The molecule has 1 amide bonds. The normalized spacial score (nSPS) is 14.0. The molecule has 0 radical (unpaired) electrons. The number of hydrogen-bond donors (Lipinski definition) is 0. The van der Waals surface area contributed by atoms with E-state index in [2.05, 4.69) is 4.90 Å². The van der Waals surface area contributed by atoms with Gasteiger partial charge >= 0.3 is 0 Å². The fraction of sp³-hybridized carbons (Fsp3) is 0.269. The lowest BCUT2D eigenvalue weighted by Crippen LogP contribution is -2.52. The van der Waals surface area contributed by atoms with Crippen LogP contribution < -0.4 is 13.9 Å². The second-order valence-corrected chi connectivity index (χ2v) is 10.8. The number of benzene rings is 3. The summed E-state index contributed by atoms with van der Waals surface area (Å²) < 4.78 is 32.0. The van der Waals surface area contributed by atoms with Crippen LogP contribution in [0.4, 0.5) is 11.4 Å². The molecule has 3 aromatic rings. The van der Waals surface area contributed by atoms with E-state index in [1.54, 1.807) is 29.2 Å². The van der Waals surface area contributed by atoms with E-state index in [0.29, 0.717) is 48.4 Å². The Morgan fingerprint density at radius 2 is 1.57 bits per heavy atom. The summed E-state index contributed by atoms with van der Waals surface area (Å²) in [5.74, 6) is 1.03. The summed E-state index contributed by atoms with van der Waals surface area (Å²) in [7, 11) is -3.67. The van der Waals surface area contributed by atoms with E-state index in [1.165, 1.54) is 0 Å². The molecule has 1 heterocycles. The van der Waals surface area contributed by atoms with Crippen LogP contribution in [0.2, 0.25) is 5.02 Å². The Bertz CT molecular complexity index is 1280. The van der Waals surface area contributed by atoms with Crippen molar-refractivity contribution in [2.75, 3.05) is 48.2 Å². The third-order valence-corrected chi connectivity index (χ3v) is 7.30. The highest BCUT2D eigenvalue weighted by Gasteiger charge is 2.27. The Labute approximate surface area is 211 Å². The third kappa shape index (κ3) is 6.26. The van der Waals surface area contributed by atoms with Gasteiger partial charge in [0.1, 0.15) is 18.0 Å². The van der Waals surface area contributed by atoms with Gasteiger partial charge in [-0.15, -0.1) is 0 Å². The van der Waals surface area contributed by atoms with Gasteiger partial charge in [0.2, 0.25) is 15.9 Å². The van der Waals surface area contributed by atoms with E-state index >= 15 is 0 Å². The van der Waals surface area contributed by atoms with Crippen LogP contribution in [0.1, 0.15) is 5.56 Å². The molecule has 7 nitrogen and oxygen atoms in total. The van der Waals surface area contributed by atoms with E-state index in [0.717, 1.165) is 21.8 Å². The van der Waals surface area contributed by atoms with E-state index in [1.807, 2.05) is 55.5 Å². The number of para-hydroxylation sites is 1. The van der Waals surface area contributed by atoms with Crippen molar-refractivity contribution in [3.63, 3.8) is 0 Å². The van der Waals surface area contributed by atoms with Gasteiger partial charge < -0.3 is 14.5 Å². The van der Waals surface area contributed by atoms with Crippen LogP contribution in [-0.2, 0) is 14.8 Å². The molecule has 0 atom stereocenters. The number of carbonyl (C=O) groups is 1. The first kappa shape index (κ1) is 24.9. The number of carbonyl (C=O) groups excluding carboxylic acids is 1. The molecular formula is C26H28ClN3O4S. The summed E-state index contributed by atoms with van der Waals surface area (Å²) >= 11 is 6.16. The largest absolute Gasteiger partial charge is 0.457 e. The second-order valence-electron chi connectivity index (χ2n) is 8.48. The first-order valence-corrected chi connectivity index (χ1v) is 13.5. The molecule has 0 saturated carbocycles. The minimum absolute atomic E-state index is 0.234. The molecule has 1 aliphatic heterocycles. The molecule has 0 aromatic heterocycles. The molecule has 184 valence electrons. The first-order chi connectivity index (χ1) is 16.7. The number of anilines is 2. The average Bonchev–Trinajstić information content (AvgIpc) is 2.84. The smallest absolute Gasteiger partial charge is 0.243 e. The van der Waals surface area contributed by atoms with Crippen LogP contribution >= 0.6 is 11.6 Å². The number of hydrogen-bond acceptors (Lipinski definition) is 5. The molecule has 35 heavy (non-hydrogen) atoms. The van der Waals surface area contributed by atoms with Crippen LogP contribution in [0, 0.1) is 6.92 Å². The van der Waals surface area contributed by atoms with Gasteiger partial charge in [0.05, 0.1) is 11.9 Å². The number of sulfonamides is 1. The molecule has 1 fully saturated rings. The predicted molar refractivity (Wildman–Crippen MR) is 140 cm³/mol. The maximum absolute atomic E-state index is 13.1. The summed E-state index contributed by atoms with van der Waals surface area (Å²) in [5.41, 5.74) is 2.59. The Morgan fingerprint density at radius 1 is 0.943 bits per heavy atom. The van der Waals surface area contributed by atoms with Crippen molar-refractivity contribution in [1.82, 2.24) is 4.90 Å². The zero-order chi connectivity index (χ0) is 25.0. The van der Waals surface area contributed by atoms with Crippen LogP contribution in [0.25, 0.3) is 0 Å². The Balaban J connectivity index is 1.41. The fourth-order valence-electron chi connectivity index (χ4n) is 4.05. The van der Waals surface area contributed by atoms with Crippen molar-refractivity contribution in [3.05, 3.63) is 83.4 Å². The van der Waals surface area contributed by atoms with Crippen molar-refractivity contribution in [2.45, 2.75) is 6.92 Å². The minimum Gasteiger partial charge on any atom is -0.457 e. The van der Waals surface area contributed by atoms with Crippen LogP contribution in [0.15, 0.2) is 72.8 Å². The van der Waals surface area contributed by atoms with Crippen LogP contribution in [0.3, 0.4) is 0 Å². The molecule has 1 aliphatic rings. The molecule has 4 rings (SSSR count). The van der Waals surface area contributed by atoms with Gasteiger partial charge in [0.25, 0.3) is 0 Å². The molecule has 0 spiro atoms. The van der Waals surface area contributed by atoms with Crippen molar-refractivity contribution < 1.29 is 17.9 Å². The summed E-state index contributed by atoms with van der Waals surface area (Å²) in [6, 6.07) is 21.8. The Hall–Kier alpha value is -3.23. The predicted octanol–water partition coefficient (Wildman–Crippen LogP) is 4.56. The lowest BCUT2D eigenvalue weighted by molar-refractivity contribution is -0.129. The van der Waals surface area contributed by atoms with E-state index in [9.17, 15) is 13.2 Å². The number of amides is 1. The van der Waals surface area contributed by atoms with E-state index in [-0.39, 0.29) is 12.5 Å². The van der Waals surface area contributed by atoms with Gasteiger partial charge in [0, 0.05) is 36.9 Å². The van der Waals surface area contributed by atoms with Crippen molar-refractivity contribution in [1.29, 1.82) is 0 Å². The van der Waals surface area contributed by atoms with Crippen molar-refractivity contribution in [3.8, 4) is 11.5 Å². The van der Waals surface area contributed by atoms with Gasteiger partial charge in [-0.2, -0.15) is 0 Å².